The van der Waals surface area contributed by atoms with E-state index in [2.05, 4.69) is 10.1 Å². The summed E-state index contributed by atoms with van der Waals surface area (Å²) in [7, 11) is -4.12. The van der Waals surface area contributed by atoms with Gasteiger partial charge in [-0.3, -0.25) is 33.1 Å². The van der Waals surface area contributed by atoms with Crippen LogP contribution in [-0.2, 0) is 46.9 Å². The van der Waals surface area contributed by atoms with Crippen LogP contribution in [0, 0.1) is 22.7 Å². The molecule has 1 aliphatic rings. The van der Waals surface area contributed by atoms with Crippen LogP contribution >= 0.6 is 7.75 Å². The van der Waals surface area contributed by atoms with E-state index in [0.717, 1.165) is 25.3 Å². The number of ether oxygens (including phenoxy) is 4. The Morgan fingerprint density at radius 2 is 1.63 bits per heavy atom. The van der Waals surface area contributed by atoms with Gasteiger partial charge in [0.1, 0.15) is 18.5 Å². The molecule has 0 amide bonds. The molecule has 1 N–H and O–H groups in total. The van der Waals surface area contributed by atoms with E-state index in [0.29, 0.717) is 0 Å². The zero-order valence-corrected chi connectivity index (χ0v) is 21.6. The molecule has 0 saturated carbocycles. The molecule has 0 aromatic carbocycles. The van der Waals surface area contributed by atoms with Gasteiger partial charge in [-0.1, -0.05) is 0 Å². The molecule has 1 aromatic heterocycles. The third-order valence-electron chi connectivity index (χ3n) is 4.65. The lowest BCUT2D eigenvalue weighted by Gasteiger charge is -2.24. The topological polar surface area (TPSA) is 218 Å². The van der Waals surface area contributed by atoms with Gasteiger partial charge >= 0.3 is 31.3 Å². The van der Waals surface area contributed by atoms with Crippen molar-refractivity contribution >= 4 is 31.5 Å². The van der Waals surface area contributed by atoms with Gasteiger partial charge in [-0.2, -0.15) is 15.5 Å². The molecule has 1 fully saturated rings. The highest BCUT2D eigenvalue weighted by Crippen LogP contribution is 2.47. The molecule has 1 aromatic rings. The maximum absolute atomic E-state index is 13.0. The maximum Gasteiger partial charge on any atom is 0.433 e. The molecule has 206 valence electrons. The van der Waals surface area contributed by atoms with Crippen LogP contribution in [0.5, 0.6) is 0 Å². The number of hydrogen-bond donors (Lipinski definition) is 1. The number of anilines is 1. The van der Waals surface area contributed by atoms with Gasteiger partial charge in [0.15, 0.2) is 18.4 Å². The third kappa shape index (κ3) is 8.93. The molecule has 2 heterocycles. The van der Waals surface area contributed by atoms with Gasteiger partial charge in [0.25, 0.3) is 0 Å². The van der Waals surface area contributed by atoms with Crippen molar-refractivity contribution in [1.82, 2.24) is 9.55 Å². The number of nitrogens with zero attached hydrogens (tertiary/aromatic N) is 4. The van der Waals surface area contributed by atoms with E-state index < -0.39 is 55.9 Å². The van der Waals surface area contributed by atoms with Gasteiger partial charge in [0.05, 0.1) is 38.2 Å². The Labute approximate surface area is 216 Å². The lowest BCUT2D eigenvalue weighted by Crippen LogP contribution is -2.41. The van der Waals surface area contributed by atoms with E-state index in [1.165, 1.54) is 12.3 Å². The van der Waals surface area contributed by atoms with E-state index in [1.807, 2.05) is 12.1 Å². The molecular weight excluding hydrogens is 529 g/mol. The number of aromatic nitrogens is 2. The lowest BCUT2D eigenvalue weighted by atomic mass is 10.1. The Balaban J connectivity index is 2.35. The highest BCUT2D eigenvalue weighted by molar-refractivity contribution is 7.55. The Kier molecular flexibility index (Phi) is 11.4. The molecule has 0 spiro atoms. The first-order chi connectivity index (χ1) is 18.0. The Morgan fingerprint density at radius 1 is 1.05 bits per heavy atom. The second-order valence-electron chi connectivity index (χ2n) is 7.61. The predicted molar refractivity (Wildman–Crippen MR) is 124 cm³/mol. The Morgan fingerprint density at radius 3 is 2.13 bits per heavy atom. The van der Waals surface area contributed by atoms with Crippen molar-refractivity contribution in [2.45, 2.75) is 58.2 Å². The number of carbonyl (C=O) groups is 3. The van der Waals surface area contributed by atoms with Crippen molar-refractivity contribution in [1.29, 1.82) is 10.5 Å². The van der Waals surface area contributed by atoms with Crippen molar-refractivity contribution in [3.05, 3.63) is 22.7 Å². The standard InChI is InChI=1S/C21H26N5O11P/c1-13(27)32-12-16-18(35-14(2)28)19(36-15(3)29)20(37-16)26-9-6-17(24-21(26)30)25-38(31,33-10-4-7-22)34-11-5-8-23/h6,9,16,18-20H,4-5,10-12H2,1-3H3,(H,24,25,30,31)/t16-,18-,19-,20-/m1/s1. The molecule has 0 unspecified atom stereocenters. The van der Waals surface area contributed by atoms with Crippen LogP contribution in [0.4, 0.5) is 5.82 Å². The number of carbonyl (C=O) groups excluding carboxylic acids is 3. The molecule has 0 aliphatic carbocycles. The number of nitrogens with one attached hydrogen (secondary N) is 1. The highest BCUT2D eigenvalue weighted by Gasteiger charge is 2.51. The molecule has 4 atom stereocenters. The monoisotopic (exact) mass is 555 g/mol. The minimum Gasteiger partial charge on any atom is -0.463 e. The fraction of sp³-hybridized carbons (Fsp3) is 0.571. The van der Waals surface area contributed by atoms with E-state index in [4.69, 9.17) is 38.5 Å². The summed E-state index contributed by atoms with van der Waals surface area (Å²) in [6.07, 6.45) is -4.01. The van der Waals surface area contributed by atoms with Crippen LogP contribution < -0.4 is 10.8 Å². The zero-order valence-electron chi connectivity index (χ0n) is 20.7. The largest absolute Gasteiger partial charge is 0.463 e. The van der Waals surface area contributed by atoms with Crippen LogP contribution in [0.3, 0.4) is 0 Å². The summed E-state index contributed by atoms with van der Waals surface area (Å²) in [6.45, 7) is 2.49. The number of nitriles is 2. The zero-order chi connectivity index (χ0) is 28.3. The van der Waals surface area contributed by atoms with Crippen LogP contribution in [0.25, 0.3) is 0 Å². The first-order valence-corrected chi connectivity index (χ1v) is 12.7. The Bertz CT molecular complexity index is 1180. The van der Waals surface area contributed by atoms with Crippen molar-refractivity contribution in [2.75, 3.05) is 24.9 Å². The quantitative estimate of drug-likeness (QED) is 0.155. The second-order valence-corrected chi connectivity index (χ2v) is 9.35. The van der Waals surface area contributed by atoms with Crippen molar-refractivity contribution in [3.8, 4) is 12.1 Å². The fourth-order valence-corrected chi connectivity index (χ4v) is 4.52. The fourth-order valence-electron chi connectivity index (χ4n) is 3.25. The normalized spacial score (nSPS) is 20.6. The predicted octanol–water partition coefficient (Wildman–Crippen LogP) is 0.948. The molecule has 1 aliphatic heterocycles. The molecular formula is C21H26N5O11P. The van der Waals surface area contributed by atoms with E-state index in [-0.39, 0.29) is 38.5 Å². The van der Waals surface area contributed by atoms with Crippen LogP contribution in [-0.4, -0.2) is 65.6 Å². The molecule has 38 heavy (non-hydrogen) atoms. The first kappa shape index (κ1) is 30.4. The average Bonchev–Trinajstić information content (AvgIpc) is 3.13. The van der Waals surface area contributed by atoms with E-state index in [9.17, 15) is 23.7 Å². The van der Waals surface area contributed by atoms with Crippen LogP contribution in [0.1, 0.15) is 39.8 Å². The summed E-state index contributed by atoms with van der Waals surface area (Å²) >= 11 is 0. The third-order valence-corrected chi connectivity index (χ3v) is 6.19. The second kappa shape index (κ2) is 14.2. The van der Waals surface area contributed by atoms with E-state index in [1.54, 1.807) is 0 Å². The van der Waals surface area contributed by atoms with Crippen molar-refractivity contribution in [2.24, 2.45) is 0 Å². The minimum atomic E-state index is -4.12. The van der Waals surface area contributed by atoms with Gasteiger partial charge in [0, 0.05) is 27.0 Å². The van der Waals surface area contributed by atoms with Gasteiger partial charge in [-0.25, -0.2) is 9.36 Å². The average molecular weight is 555 g/mol. The maximum atomic E-state index is 13.0. The summed E-state index contributed by atoms with van der Waals surface area (Å²) in [5.41, 5.74) is -0.965. The number of esters is 3. The molecule has 0 radical (unpaired) electrons. The lowest BCUT2D eigenvalue weighted by molar-refractivity contribution is -0.166. The summed E-state index contributed by atoms with van der Waals surface area (Å²) in [5.74, 6) is -2.38. The van der Waals surface area contributed by atoms with Crippen LogP contribution in [0.2, 0.25) is 0 Å². The first-order valence-electron chi connectivity index (χ1n) is 11.1. The van der Waals surface area contributed by atoms with E-state index >= 15 is 0 Å². The van der Waals surface area contributed by atoms with Crippen molar-refractivity contribution < 1.29 is 46.9 Å². The summed E-state index contributed by atoms with van der Waals surface area (Å²) in [5, 5.41) is 19.7. The SMILES string of the molecule is CC(=O)OC[C@H]1O[C@@H](n2ccc(NP(=O)(OCCC#N)OCCC#N)nc2=O)[C@H](OC(C)=O)[C@@H]1OC(C)=O. The van der Waals surface area contributed by atoms with Crippen LogP contribution in [0.15, 0.2) is 17.1 Å². The summed E-state index contributed by atoms with van der Waals surface area (Å²) in [6, 6.07) is 4.83. The number of rotatable bonds is 13. The molecule has 0 bridgehead atoms. The Hall–Kier alpha value is -3.82. The summed E-state index contributed by atoms with van der Waals surface area (Å²) < 4.78 is 45.4. The molecule has 1 saturated heterocycles. The summed E-state index contributed by atoms with van der Waals surface area (Å²) in [4.78, 5) is 51.4. The highest BCUT2D eigenvalue weighted by atomic mass is 31.2. The number of hydrogen-bond acceptors (Lipinski definition) is 14. The minimum absolute atomic E-state index is 0.100. The smallest absolute Gasteiger partial charge is 0.433 e. The molecule has 2 rings (SSSR count). The van der Waals surface area contributed by atoms with Crippen molar-refractivity contribution in [3.63, 3.8) is 0 Å². The van der Waals surface area contributed by atoms with Gasteiger partial charge < -0.3 is 18.9 Å². The molecule has 16 nitrogen and oxygen atoms in total. The van der Waals surface area contributed by atoms with Gasteiger partial charge in [-0.15, -0.1) is 0 Å². The molecule has 17 heteroatoms. The van der Waals surface area contributed by atoms with Gasteiger partial charge in [0.2, 0.25) is 0 Å². The van der Waals surface area contributed by atoms with Gasteiger partial charge in [-0.05, 0) is 6.07 Å².